The molecule has 0 saturated heterocycles. The standard InChI is InChI=1S/C20H23N3O4S2/c1-4-13-10-14-18(29-13)22-20(28)23(19(14)25)11-17(24)21-8-7-12-5-6-15(26-2)16(9-12)27-3/h5-6,9-10H,4,7-8,11H2,1-3H3,(H,21,24)(H,22,28). The van der Waals surface area contributed by atoms with Crippen LogP contribution in [0.4, 0.5) is 0 Å². The number of carbonyl (C=O) groups excluding carboxylic acids is 1. The van der Waals surface area contributed by atoms with Crippen molar-refractivity contribution in [2.24, 2.45) is 0 Å². The van der Waals surface area contributed by atoms with Crippen LogP contribution < -0.4 is 20.3 Å². The van der Waals surface area contributed by atoms with Gasteiger partial charge < -0.3 is 19.8 Å². The third kappa shape index (κ3) is 4.68. The first kappa shape index (κ1) is 21.1. The number of fused-ring (bicyclic) bond motifs is 1. The van der Waals surface area contributed by atoms with Gasteiger partial charge in [-0.25, -0.2) is 0 Å². The maximum absolute atomic E-state index is 12.7. The first-order valence-electron chi connectivity index (χ1n) is 9.20. The summed E-state index contributed by atoms with van der Waals surface area (Å²) >= 11 is 6.79. The first-order chi connectivity index (χ1) is 14.0. The number of thiophene rings is 1. The molecular weight excluding hydrogens is 410 g/mol. The Morgan fingerprint density at radius 2 is 2.00 bits per heavy atom. The van der Waals surface area contributed by atoms with Crippen LogP contribution in [-0.4, -0.2) is 36.2 Å². The number of hydrogen-bond acceptors (Lipinski definition) is 6. The van der Waals surface area contributed by atoms with Crippen LogP contribution in [0.15, 0.2) is 29.1 Å². The molecule has 7 nitrogen and oxygen atoms in total. The molecule has 2 heterocycles. The fourth-order valence-electron chi connectivity index (χ4n) is 3.00. The Morgan fingerprint density at radius 1 is 1.24 bits per heavy atom. The normalized spacial score (nSPS) is 10.9. The Bertz CT molecular complexity index is 1150. The number of nitrogens with one attached hydrogen (secondary N) is 2. The van der Waals surface area contributed by atoms with Gasteiger partial charge in [-0.2, -0.15) is 0 Å². The lowest BCUT2D eigenvalue weighted by Gasteiger charge is -2.10. The van der Waals surface area contributed by atoms with Crippen LogP contribution in [0.3, 0.4) is 0 Å². The van der Waals surface area contributed by atoms with Crippen LogP contribution in [0.2, 0.25) is 0 Å². The van der Waals surface area contributed by atoms with Crippen molar-refractivity contribution in [3.8, 4) is 11.5 Å². The second kappa shape index (κ2) is 9.23. The molecule has 0 radical (unpaired) electrons. The zero-order valence-electron chi connectivity index (χ0n) is 16.5. The number of benzene rings is 1. The number of aromatic amines is 1. The summed E-state index contributed by atoms with van der Waals surface area (Å²) in [5.41, 5.74) is 0.763. The highest BCUT2D eigenvalue weighted by Crippen LogP contribution is 2.27. The lowest BCUT2D eigenvalue weighted by atomic mass is 10.1. The van der Waals surface area contributed by atoms with Crippen LogP contribution in [0.5, 0.6) is 11.5 Å². The van der Waals surface area contributed by atoms with Crippen LogP contribution in [0.25, 0.3) is 10.2 Å². The predicted octanol–water partition coefficient (Wildman–Crippen LogP) is 3.06. The highest BCUT2D eigenvalue weighted by Gasteiger charge is 2.12. The quantitative estimate of drug-likeness (QED) is 0.534. The Balaban J connectivity index is 1.65. The largest absolute Gasteiger partial charge is 0.493 e. The van der Waals surface area contributed by atoms with Gasteiger partial charge in [0.2, 0.25) is 5.91 Å². The molecule has 154 valence electrons. The molecule has 0 saturated carbocycles. The third-order valence-electron chi connectivity index (χ3n) is 4.56. The topological polar surface area (TPSA) is 85.3 Å². The Labute approximate surface area is 177 Å². The minimum absolute atomic E-state index is 0.118. The van der Waals surface area contributed by atoms with Gasteiger partial charge in [-0.3, -0.25) is 14.2 Å². The van der Waals surface area contributed by atoms with Gasteiger partial charge in [-0.1, -0.05) is 13.0 Å². The zero-order chi connectivity index (χ0) is 21.0. The molecule has 9 heteroatoms. The van der Waals surface area contributed by atoms with E-state index >= 15 is 0 Å². The maximum atomic E-state index is 12.7. The average Bonchev–Trinajstić information content (AvgIpc) is 3.14. The van der Waals surface area contributed by atoms with Crippen LogP contribution in [0.1, 0.15) is 17.4 Å². The third-order valence-corrected chi connectivity index (χ3v) is 6.08. The summed E-state index contributed by atoms with van der Waals surface area (Å²) in [6.07, 6.45) is 1.47. The second-order valence-corrected chi connectivity index (χ2v) is 7.94. The summed E-state index contributed by atoms with van der Waals surface area (Å²) in [5.74, 6) is 1.03. The molecule has 0 bridgehead atoms. The van der Waals surface area contributed by atoms with Crippen LogP contribution >= 0.6 is 23.6 Å². The highest BCUT2D eigenvalue weighted by molar-refractivity contribution is 7.71. The predicted molar refractivity (Wildman–Crippen MR) is 117 cm³/mol. The minimum Gasteiger partial charge on any atom is -0.493 e. The van der Waals surface area contributed by atoms with Gasteiger partial charge >= 0.3 is 0 Å². The van der Waals surface area contributed by atoms with E-state index in [0.29, 0.717) is 29.9 Å². The summed E-state index contributed by atoms with van der Waals surface area (Å²) in [4.78, 5) is 30.0. The number of aromatic nitrogens is 2. The summed E-state index contributed by atoms with van der Waals surface area (Å²) < 4.78 is 12.1. The molecule has 0 atom stereocenters. The molecule has 1 amide bonds. The van der Waals surface area contributed by atoms with Crippen molar-refractivity contribution in [1.82, 2.24) is 14.9 Å². The van der Waals surface area contributed by atoms with E-state index in [4.69, 9.17) is 21.7 Å². The van der Waals surface area contributed by atoms with E-state index in [-0.39, 0.29) is 22.8 Å². The van der Waals surface area contributed by atoms with Gasteiger partial charge in [-0.05, 0) is 48.8 Å². The molecule has 0 aliphatic heterocycles. The average molecular weight is 434 g/mol. The van der Waals surface area contributed by atoms with Gasteiger partial charge in [0.25, 0.3) is 5.56 Å². The summed E-state index contributed by atoms with van der Waals surface area (Å²) in [6.45, 7) is 2.34. The van der Waals surface area contributed by atoms with E-state index < -0.39 is 0 Å². The number of H-pyrrole nitrogens is 1. The first-order valence-corrected chi connectivity index (χ1v) is 10.4. The number of rotatable bonds is 8. The SMILES string of the molecule is CCc1cc2c(=O)n(CC(=O)NCCc3ccc(OC)c(OC)c3)c(=S)[nH]c2s1. The molecule has 3 aromatic rings. The fraction of sp³-hybridized carbons (Fsp3) is 0.350. The van der Waals surface area contributed by atoms with Gasteiger partial charge in [0, 0.05) is 11.4 Å². The molecule has 0 spiro atoms. The second-order valence-electron chi connectivity index (χ2n) is 6.42. The number of carbonyl (C=O) groups is 1. The summed E-state index contributed by atoms with van der Waals surface area (Å²) in [6, 6.07) is 7.49. The van der Waals surface area contributed by atoms with Crippen molar-refractivity contribution < 1.29 is 14.3 Å². The van der Waals surface area contributed by atoms with E-state index in [1.165, 1.54) is 15.9 Å². The zero-order valence-corrected chi connectivity index (χ0v) is 18.2. The van der Waals surface area contributed by atoms with E-state index in [1.807, 2.05) is 31.2 Å². The molecule has 0 unspecified atom stereocenters. The highest BCUT2D eigenvalue weighted by atomic mass is 32.1. The van der Waals surface area contributed by atoms with Gasteiger partial charge in [0.05, 0.1) is 19.6 Å². The molecule has 0 fully saturated rings. The fourth-order valence-corrected chi connectivity index (χ4v) is 4.30. The van der Waals surface area contributed by atoms with E-state index in [0.717, 1.165) is 21.7 Å². The Morgan fingerprint density at radius 3 is 2.69 bits per heavy atom. The molecule has 2 N–H and O–H groups in total. The van der Waals surface area contributed by atoms with Crippen molar-refractivity contribution in [3.05, 3.63) is 49.8 Å². The van der Waals surface area contributed by atoms with E-state index in [1.54, 1.807) is 14.2 Å². The summed E-state index contributed by atoms with van der Waals surface area (Å²) in [7, 11) is 3.17. The van der Waals surface area contributed by atoms with E-state index in [2.05, 4.69) is 10.3 Å². The molecule has 3 rings (SSSR count). The minimum atomic E-state index is -0.266. The molecule has 2 aromatic heterocycles. The number of aryl methyl sites for hydroxylation is 1. The molecule has 0 aliphatic rings. The van der Waals surface area contributed by atoms with Crippen molar-refractivity contribution in [3.63, 3.8) is 0 Å². The van der Waals surface area contributed by atoms with Crippen molar-refractivity contribution in [2.45, 2.75) is 26.3 Å². The monoisotopic (exact) mass is 433 g/mol. The van der Waals surface area contributed by atoms with Crippen LogP contribution in [-0.2, 0) is 24.2 Å². The number of nitrogens with zero attached hydrogens (tertiary/aromatic N) is 1. The summed E-state index contributed by atoms with van der Waals surface area (Å²) in [5, 5.41) is 3.40. The molecular formula is C20H23N3O4S2. The van der Waals surface area contributed by atoms with Crippen LogP contribution in [0, 0.1) is 4.77 Å². The lowest BCUT2D eigenvalue weighted by Crippen LogP contribution is -2.34. The Kier molecular flexibility index (Phi) is 6.71. The van der Waals surface area contributed by atoms with Crippen molar-refractivity contribution in [2.75, 3.05) is 20.8 Å². The number of hydrogen-bond donors (Lipinski definition) is 2. The van der Waals surface area contributed by atoms with Gasteiger partial charge in [0.1, 0.15) is 11.4 Å². The molecule has 0 aliphatic carbocycles. The van der Waals surface area contributed by atoms with Crippen molar-refractivity contribution >= 4 is 39.7 Å². The van der Waals surface area contributed by atoms with Gasteiger partial charge in [0.15, 0.2) is 16.3 Å². The number of amides is 1. The van der Waals surface area contributed by atoms with E-state index in [9.17, 15) is 9.59 Å². The molecule has 1 aromatic carbocycles. The number of methoxy groups -OCH3 is 2. The van der Waals surface area contributed by atoms with Crippen molar-refractivity contribution in [1.29, 1.82) is 0 Å². The Hall–Kier alpha value is -2.65. The lowest BCUT2D eigenvalue weighted by molar-refractivity contribution is -0.121. The maximum Gasteiger partial charge on any atom is 0.263 e. The molecule has 29 heavy (non-hydrogen) atoms. The van der Waals surface area contributed by atoms with Gasteiger partial charge in [-0.15, -0.1) is 11.3 Å². The number of ether oxygens (including phenoxy) is 2. The smallest absolute Gasteiger partial charge is 0.263 e.